The molecule has 1 aliphatic heterocycles. The van der Waals surface area contributed by atoms with Crippen LogP contribution in [-0.4, -0.2) is 42.8 Å². The average molecular weight is 375 g/mol. The maximum absolute atomic E-state index is 12.3. The van der Waals surface area contributed by atoms with Crippen molar-refractivity contribution in [2.45, 2.75) is 38.4 Å². The highest BCUT2D eigenvalue weighted by Crippen LogP contribution is 2.34. The number of carbonyl (C=O) groups is 1. The molecule has 5 nitrogen and oxygen atoms in total. The highest BCUT2D eigenvalue weighted by atomic mass is 35.5. The topological polar surface area (TPSA) is 64.8 Å². The molecule has 1 fully saturated rings. The molecule has 0 unspecified atom stereocenters. The van der Waals surface area contributed by atoms with Crippen LogP contribution < -0.4 is 5.73 Å². The molecule has 0 bridgehead atoms. The maximum atomic E-state index is 12.3. The van der Waals surface area contributed by atoms with Crippen LogP contribution in [-0.2, 0) is 15.1 Å². The summed E-state index contributed by atoms with van der Waals surface area (Å²) in [4.78, 5) is 13.9. The molecule has 0 aliphatic carbocycles. The molecule has 2 rings (SSSR count). The van der Waals surface area contributed by atoms with Gasteiger partial charge < -0.3 is 20.1 Å². The van der Waals surface area contributed by atoms with Crippen LogP contribution >= 0.6 is 23.2 Å². The fraction of sp³-hybridized carbons (Fsp3) is 0.588. The molecule has 1 heterocycles. The van der Waals surface area contributed by atoms with E-state index < -0.39 is 11.2 Å². The zero-order valence-electron chi connectivity index (χ0n) is 14.3. The summed E-state index contributed by atoms with van der Waals surface area (Å²) in [5.74, 6) is 0. The SMILES string of the molecule is CC(C)(C)OC(=O)N1CCO[C@@](CN)(c2ccc(Cl)c(Cl)c2)CC1. The van der Waals surface area contributed by atoms with Crippen molar-refractivity contribution in [3.05, 3.63) is 33.8 Å². The molecule has 0 spiro atoms. The van der Waals surface area contributed by atoms with Crippen molar-refractivity contribution in [2.75, 3.05) is 26.2 Å². The smallest absolute Gasteiger partial charge is 0.410 e. The molecule has 1 amide bonds. The van der Waals surface area contributed by atoms with Gasteiger partial charge in [-0.3, -0.25) is 0 Å². The molecular weight excluding hydrogens is 351 g/mol. The fourth-order valence-electron chi connectivity index (χ4n) is 2.65. The molecule has 0 aromatic heterocycles. The Hall–Kier alpha value is -1.01. The van der Waals surface area contributed by atoms with Crippen molar-refractivity contribution in [2.24, 2.45) is 5.73 Å². The summed E-state index contributed by atoms with van der Waals surface area (Å²) in [7, 11) is 0. The van der Waals surface area contributed by atoms with Gasteiger partial charge in [-0.25, -0.2) is 4.79 Å². The van der Waals surface area contributed by atoms with E-state index in [2.05, 4.69) is 0 Å². The van der Waals surface area contributed by atoms with Gasteiger partial charge in [-0.15, -0.1) is 0 Å². The lowest BCUT2D eigenvalue weighted by Crippen LogP contribution is -2.40. The van der Waals surface area contributed by atoms with E-state index in [1.165, 1.54) is 0 Å². The molecule has 134 valence electrons. The lowest BCUT2D eigenvalue weighted by atomic mass is 9.90. The van der Waals surface area contributed by atoms with E-state index in [1.54, 1.807) is 17.0 Å². The first-order valence-electron chi connectivity index (χ1n) is 7.94. The Morgan fingerprint density at radius 1 is 1.33 bits per heavy atom. The largest absolute Gasteiger partial charge is 0.444 e. The summed E-state index contributed by atoms with van der Waals surface area (Å²) in [6.45, 7) is 7.14. The Bertz CT molecular complexity index is 604. The number of carbonyl (C=O) groups excluding carboxylic acids is 1. The van der Waals surface area contributed by atoms with E-state index in [4.69, 9.17) is 38.4 Å². The van der Waals surface area contributed by atoms with Crippen LogP contribution in [0.15, 0.2) is 18.2 Å². The number of hydrogen-bond donors (Lipinski definition) is 1. The van der Waals surface area contributed by atoms with Gasteiger partial charge >= 0.3 is 6.09 Å². The summed E-state index contributed by atoms with van der Waals surface area (Å²) in [5, 5.41) is 0.940. The third-order valence-electron chi connectivity index (χ3n) is 3.95. The van der Waals surface area contributed by atoms with Gasteiger partial charge in [0.15, 0.2) is 0 Å². The number of amides is 1. The maximum Gasteiger partial charge on any atom is 0.410 e. The molecule has 24 heavy (non-hydrogen) atoms. The van der Waals surface area contributed by atoms with E-state index in [-0.39, 0.29) is 12.6 Å². The van der Waals surface area contributed by atoms with Crippen molar-refractivity contribution < 1.29 is 14.3 Å². The third kappa shape index (κ3) is 4.54. The molecular formula is C17H24Cl2N2O3. The lowest BCUT2D eigenvalue weighted by Gasteiger charge is -2.32. The van der Waals surface area contributed by atoms with Gasteiger partial charge in [0, 0.05) is 19.6 Å². The summed E-state index contributed by atoms with van der Waals surface area (Å²) in [5.41, 5.74) is 5.66. The summed E-state index contributed by atoms with van der Waals surface area (Å²) >= 11 is 12.1. The van der Waals surface area contributed by atoms with Gasteiger partial charge in [-0.2, -0.15) is 0 Å². The minimum absolute atomic E-state index is 0.285. The summed E-state index contributed by atoms with van der Waals surface area (Å²) in [6.07, 6.45) is 0.216. The van der Waals surface area contributed by atoms with Crippen LogP contribution in [0.4, 0.5) is 4.79 Å². The fourth-order valence-corrected chi connectivity index (χ4v) is 2.94. The second-order valence-corrected chi connectivity index (χ2v) is 7.71. The first-order chi connectivity index (χ1) is 11.2. The van der Waals surface area contributed by atoms with Crippen LogP contribution in [0.25, 0.3) is 0 Å². The number of rotatable bonds is 2. The predicted octanol–water partition coefficient (Wildman–Crippen LogP) is 3.80. The Morgan fingerprint density at radius 2 is 2.04 bits per heavy atom. The van der Waals surface area contributed by atoms with Gasteiger partial charge in [0.05, 0.1) is 16.7 Å². The molecule has 1 aliphatic rings. The van der Waals surface area contributed by atoms with Crippen LogP contribution in [0.2, 0.25) is 10.0 Å². The van der Waals surface area contributed by atoms with Crippen LogP contribution in [0, 0.1) is 0 Å². The molecule has 1 aromatic carbocycles. The number of benzene rings is 1. The van der Waals surface area contributed by atoms with Gasteiger partial charge in [0.25, 0.3) is 0 Å². The monoisotopic (exact) mass is 374 g/mol. The Labute approximate surface area is 153 Å². The lowest BCUT2D eigenvalue weighted by molar-refractivity contribution is -0.0362. The van der Waals surface area contributed by atoms with Crippen LogP contribution in [0.1, 0.15) is 32.8 Å². The predicted molar refractivity (Wildman–Crippen MR) is 95.6 cm³/mol. The first kappa shape index (κ1) is 19.3. The highest BCUT2D eigenvalue weighted by Gasteiger charge is 2.36. The number of halogens is 2. The Morgan fingerprint density at radius 3 is 2.62 bits per heavy atom. The van der Waals surface area contributed by atoms with Crippen molar-refractivity contribution in [1.29, 1.82) is 0 Å². The van der Waals surface area contributed by atoms with Gasteiger partial charge in [-0.05, 0) is 44.9 Å². The zero-order chi connectivity index (χ0) is 18.0. The number of nitrogens with two attached hydrogens (primary N) is 1. The van der Waals surface area contributed by atoms with E-state index >= 15 is 0 Å². The zero-order valence-corrected chi connectivity index (χ0v) is 15.8. The minimum Gasteiger partial charge on any atom is -0.444 e. The van der Waals surface area contributed by atoms with E-state index in [0.717, 1.165) is 5.56 Å². The van der Waals surface area contributed by atoms with Gasteiger partial charge in [-0.1, -0.05) is 29.3 Å². The second kappa shape index (κ2) is 7.48. The average Bonchev–Trinajstić information content (AvgIpc) is 2.72. The summed E-state index contributed by atoms with van der Waals surface area (Å²) < 4.78 is 11.5. The number of hydrogen-bond acceptors (Lipinski definition) is 4. The molecule has 1 saturated heterocycles. The Balaban J connectivity index is 2.17. The molecule has 7 heteroatoms. The van der Waals surface area contributed by atoms with Crippen LogP contribution in [0.5, 0.6) is 0 Å². The standard InChI is InChI=1S/C17H24Cl2N2O3/c1-16(2,3)24-15(22)21-7-6-17(11-20,23-9-8-21)12-4-5-13(18)14(19)10-12/h4-5,10H,6-9,11,20H2,1-3H3/t17-/m0/s1. The van der Waals surface area contributed by atoms with E-state index in [9.17, 15) is 4.79 Å². The Kier molecular flexibility index (Phi) is 6.02. The molecule has 1 aromatic rings. The van der Waals surface area contributed by atoms with Crippen molar-refractivity contribution in [3.8, 4) is 0 Å². The molecule has 0 saturated carbocycles. The summed E-state index contributed by atoms with van der Waals surface area (Å²) in [6, 6.07) is 5.38. The molecule has 2 N–H and O–H groups in total. The van der Waals surface area contributed by atoms with Gasteiger partial charge in [0.1, 0.15) is 11.2 Å². The van der Waals surface area contributed by atoms with Crippen LogP contribution in [0.3, 0.4) is 0 Å². The molecule has 1 atom stereocenters. The third-order valence-corrected chi connectivity index (χ3v) is 4.69. The first-order valence-corrected chi connectivity index (χ1v) is 8.70. The normalized spacial score (nSPS) is 22.2. The van der Waals surface area contributed by atoms with Crippen molar-refractivity contribution in [3.63, 3.8) is 0 Å². The molecule has 0 radical (unpaired) electrons. The van der Waals surface area contributed by atoms with E-state index in [1.807, 2.05) is 26.8 Å². The second-order valence-electron chi connectivity index (χ2n) is 6.89. The van der Waals surface area contributed by atoms with E-state index in [0.29, 0.717) is 36.2 Å². The van der Waals surface area contributed by atoms with Crippen molar-refractivity contribution >= 4 is 29.3 Å². The van der Waals surface area contributed by atoms with Gasteiger partial charge in [0.2, 0.25) is 0 Å². The number of nitrogens with zero attached hydrogens (tertiary/aromatic N) is 1. The van der Waals surface area contributed by atoms with Crippen molar-refractivity contribution in [1.82, 2.24) is 4.90 Å². The minimum atomic E-state index is -0.689. The number of ether oxygens (including phenoxy) is 2. The highest BCUT2D eigenvalue weighted by molar-refractivity contribution is 6.42. The quantitative estimate of drug-likeness (QED) is 0.854.